The summed E-state index contributed by atoms with van der Waals surface area (Å²) in [7, 11) is -3.32. The Kier molecular flexibility index (Phi) is 5.48. The molecule has 0 atom stereocenters. The first-order chi connectivity index (χ1) is 11.3. The maximum atomic E-state index is 11.7. The number of aromatic nitrogens is 1. The number of rotatable bonds is 6. The molecule has 9 heteroatoms. The van der Waals surface area contributed by atoms with Gasteiger partial charge in [0.2, 0.25) is 10.0 Å². The number of carbonyl (C=O) groups excluding carboxylic acids is 1. The third-order valence-electron chi connectivity index (χ3n) is 2.79. The highest BCUT2D eigenvalue weighted by Crippen LogP contribution is 2.11. The Bertz CT molecular complexity index is 834. The second kappa shape index (κ2) is 7.55. The van der Waals surface area contributed by atoms with Crippen molar-refractivity contribution < 1.29 is 18.0 Å². The molecule has 0 saturated heterocycles. The fourth-order valence-corrected chi connectivity index (χ4v) is 2.35. The van der Waals surface area contributed by atoms with Crippen LogP contribution in [0.2, 0.25) is 0 Å². The van der Waals surface area contributed by atoms with E-state index in [1.54, 1.807) is 36.4 Å². The van der Waals surface area contributed by atoms with Crippen LogP contribution in [-0.2, 0) is 21.3 Å². The standard InChI is InChI=1S/C15H16N4O4S/c1-24(21,22)19-13-6-4-11(5-7-13)9-14(16)18-23-15(20)12-3-2-8-17-10-12/h2-8,10,19H,9H2,1H3,(H2,16,18). The molecule has 0 fully saturated rings. The number of hydrogen-bond donors (Lipinski definition) is 2. The number of hydrogen-bond acceptors (Lipinski definition) is 6. The quantitative estimate of drug-likeness (QED) is 0.349. The van der Waals surface area contributed by atoms with Gasteiger partial charge < -0.3 is 10.6 Å². The predicted octanol–water partition coefficient (Wildman–Crippen LogP) is 1.12. The van der Waals surface area contributed by atoms with Crippen molar-refractivity contribution in [3.63, 3.8) is 0 Å². The van der Waals surface area contributed by atoms with E-state index >= 15 is 0 Å². The SMILES string of the molecule is CS(=O)(=O)Nc1ccc(C/C(N)=N/OC(=O)c2cccnc2)cc1. The number of oxime groups is 1. The van der Waals surface area contributed by atoms with Crippen molar-refractivity contribution in [2.75, 3.05) is 11.0 Å². The summed E-state index contributed by atoms with van der Waals surface area (Å²) in [5.74, 6) is -0.546. The van der Waals surface area contributed by atoms with Crippen LogP contribution in [0.1, 0.15) is 15.9 Å². The number of pyridine rings is 1. The minimum Gasteiger partial charge on any atom is -0.384 e. The minimum absolute atomic E-state index is 0.107. The highest BCUT2D eigenvalue weighted by molar-refractivity contribution is 7.92. The van der Waals surface area contributed by atoms with E-state index in [9.17, 15) is 13.2 Å². The second-order valence-electron chi connectivity index (χ2n) is 4.95. The topological polar surface area (TPSA) is 124 Å². The Hall–Kier alpha value is -2.94. The largest absolute Gasteiger partial charge is 0.384 e. The van der Waals surface area contributed by atoms with Gasteiger partial charge in [0.05, 0.1) is 11.8 Å². The van der Waals surface area contributed by atoms with Crippen molar-refractivity contribution in [3.05, 3.63) is 59.9 Å². The molecule has 0 aliphatic rings. The van der Waals surface area contributed by atoms with E-state index in [4.69, 9.17) is 10.6 Å². The summed E-state index contributed by atoms with van der Waals surface area (Å²) < 4.78 is 24.6. The molecular weight excluding hydrogens is 332 g/mol. The number of carbonyl (C=O) groups is 1. The highest BCUT2D eigenvalue weighted by Gasteiger charge is 2.07. The van der Waals surface area contributed by atoms with Crippen LogP contribution >= 0.6 is 0 Å². The van der Waals surface area contributed by atoms with Gasteiger partial charge in [-0.2, -0.15) is 0 Å². The second-order valence-corrected chi connectivity index (χ2v) is 6.70. The molecule has 1 aromatic carbocycles. The summed E-state index contributed by atoms with van der Waals surface area (Å²) in [5.41, 5.74) is 7.22. The average Bonchev–Trinajstić information content (AvgIpc) is 2.54. The zero-order valence-electron chi connectivity index (χ0n) is 12.8. The van der Waals surface area contributed by atoms with Crippen LogP contribution in [-0.4, -0.2) is 31.5 Å². The molecule has 0 amide bonds. The van der Waals surface area contributed by atoms with Crippen LogP contribution in [0.25, 0.3) is 0 Å². The molecule has 2 rings (SSSR count). The van der Waals surface area contributed by atoms with Gasteiger partial charge in [0.15, 0.2) is 0 Å². The van der Waals surface area contributed by atoms with E-state index < -0.39 is 16.0 Å². The van der Waals surface area contributed by atoms with E-state index in [2.05, 4.69) is 14.9 Å². The number of nitrogens with two attached hydrogens (primary N) is 1. The fraction of sp³-hybridized carbons (Fsp3) is 0.133. The Morgan fingerprint density at radius 3 is 2.58 bits per heavy atom. The van der Waals surface area contributed by atoms with E-state index in [0.29, 0.717) is 5.69 Å². The number of sulfonamides is 1. The molecule has 0 aliphatic carbocycles. The zero-order chi connectivity index (χ0) is 17.6. The number of nitrogens with one attached hydrogen (secondary N) is 1. The molecule has 24 heavy (non-hydrogen) atoms. The lowest BCUT2D eigenvalue weighted by atomic mass is 10.1. The van der Waals surface area contributed by atoms with Crippen LogP contribution in [0.5, 0.6) is 0 Å². The van der Waals surface area contributed by atoms with Gasteiger partial charge >= 0.3 is 5.97 Å². The molecule has 126 valence electrons. The lowest BCUT2D eigenvalue weighted by Crippen LogP contribution is -2.17. The van der Waals surface area contributed by atoms with Crippen molar-refractivity contribution in [1.29, 1.82) is 0 Å². The van der Waals surface area contributed by atoms with Gasteiger partial charge in [0.25, 0.3) is 0 Å². The smallest absolute Gasteiger partial charge is 0.367 e. The van der Waals surface area contributed by atoms with Crippen LogP contribution in [0.4, 0.5) is 5.69 Å². The molecule has 3 N–H and O–H groups in total. The highest BCUT2D eigenvalue weighted by atomic mass is 32.2. The predicted molar refractivity (Wildman–Crippen MR) is 89.9 cm³/mol. The van der Waals surface area contributed by atoms with E-state index in [1.807, 2.05) is 0 Å². The van der Waals surface area contributed by atoms with Crippen LogP contribution in [0.3, 0.4) is 0 Å². The third-order valence-corrected chi connectivity index (χ3v) is 3.39. The number of amidine groups is 1. The van der Waals surface area contributed by atoms with Crippen molar-refractivity contribution in [1.82, 2.24) is 4.98 Å². The Morgan fingerprint density at radius 1 is 1.29 bits per heavy atom. The van der Waals surface area contributed by atoms with Crippen molar-refractivity contribution in [2.24, 2.45) is 10.9 Å². The third kappa shape index (κ3) is 5.69. The number of nitrogens with zero attached hydrogens (tertiary/aromatic N) is 2. The molecule has 0 radical (unpaired) electrons. The van der Waals surface area contributed by atoms with Gasteiger partial charge in [0.1, 0.15) is 5.84 Å². The molecule has 0 unspecified atom stereocenters. The van der Waals surface area contributed by atoms with Gasteiger partial charge in [-0.1, -0.05) is 17.3 Å². The first-order valence-electron chi connectivity index (χ1n) is 6.84. The van der Waals surface area contributed by atoms with E-state index in [0.717, 1.165) is 11.8 Å². The summed E-state index contributed by atoms with van der Waals surface area (Å²) >= 11 is 0. The summed E-state index contributed by atoms with van der Waals surface area (Å²) in [4.78, 5) is 20.2. The molecule has 1 heterocycles. The minimum atomic E-state index is -3.32. The molecule has 2 aromatic rings. The molecule has 1 aromatic heterocycles. The Balaban J connectivity index is 1.94. The van der Waals surface area contributed by atoms with Gasteiger partial charge in [-0.15, -0.1) is 0 Å². The zero-order valence-corrected chi connectivity index (χ0v) is 13.7. The average molecular weight is 348 g/mol. The normalized spacial score (nSPS) is 11.8. The first kappa shape index (κ1) is 17.4. The summed E-state index contributed by atoms with van der Waals surface area (Å²) in [6, 6.07) is 9.75. The Labute approximate surface area is 139 Å². The van der Waals surface area contributed by atoms with E-state index in [-0.39, 0.29) is 17.8 Å². The monoisotopic (exact) mass is 348 g/mol. The van der Waals surface area contributed by atoms with E-state index in [1.165, 1.54) is 12.4 Å². The maximum absolute atomic E-state index is 11.7. The fourth-order valence-electron chi connectivity index (χ4n) is 1.78. The van der Waals surface area contributed by atoms with Crippen molar-refractivity contribution >= 4 is 27.5 Å². The summed E-state index contributed by atoms with van der Waals surface area (Å²) in [6.45, 7) is 0. The summed E-state index contributed by atoms with van der Waals surface area (Å²) in [5, 5.41) is 3.58. The van der Waals surface area contributed by atoms with Gasteiger partial charge in [-0.25, -0.2) is 13.2 Å². The molecular formula is C15H16N4O4S. The molecule has 0 bridgehead atoms. The molecule has 8 nitrogen and oxygen atoms in total. The number of benzene rings is 1. The lowest BCUT2D eigenvalue weighted by molar-refractivity contribution is 0.0514. The van der Waals surface area contributed by atoms with Gasteiger partial charge in [0, 0.05) is 24.5 Å². The summed E-state index contributed by atoms with van der Waals surface area (Å²) in [6.07, 6.45) is 4.22. The maximum Gasteiger partial charge on any atom is 0.367 e. The van der Waals surface area contributed by atoms with Crippen LogP contribution < -0.4 is 10.5 Å². The van der Waals surface area contributed by atoms with Crippen molar-refractivity contribution in [3.8, 4) is 0 Å². The molecule has 0 saturated carbocycles. The molecule has 0 spiro atoms. The van der Waals surface area contributed by atoms with Gasteiger partial charge in [-0.3, -0.25) is 9.71 Å². The van der Waals surface area contributed by atoms with Crippen LogP contribution in [0, 0.1) is 0 Å². The van der Waals surface area contributed by atoms with Crippen LogP contribution in [0.15, 0.2) is 53.9 Å². The Morgan fingerprint density at radius 2 is 2.00 bits per heavy atom. The number of anilines is 1. The van der Waals surface area contributed by atoms with Crippen molar-refractivity contribution in [2.45, 2.75) is 6.42 Å². The lowest BCUT2D eigenvalue weighted by Gasteiger charge is -2.05. The molecule has 0 aliphatic heterocycles. The first-order valence-corrected chi connectivity index (χ1v) is 8.73. The van der Waals surface area contributed by atoms with Gasteiger partial charge in [-0.05, 0) is 29.8 Å².